The fourth-order valence-corrected chi connectivity index (χ4v) is 2.70. The van der Waals surface area contributed by atoms with Crippen molar-refractivity contribution in [1.29, 1.82) is 0 Å². The van der Waals surface area contributed by atoms with Crippen molar-refractivity contribution < 1.29 is 4.74 Å². The fraction of sp³-hybridized carbons (Fsp3) is 0.438. The molecule has 1 heterocycles. The van der Waals surface area contributed by atoms with Crippen LogP contribution in [0.15, 0.2) is 18.2 Å². The Balaban J connectivity index is 2.26. The molecule has 0 atom stereocenters. The molecule has 0 aliphatic rings. The Morgan fingerprint density at radius 3 is 2.71 bits per heavy atom. The lowest BCUT2D eigenvalue weighted by Crippen LogP contribution is -2.09. The number of aryl methyl sites for hydroxylation is 3. The largest absolute Gasteiger partial charge is 0.487 e. The second kappa shape index (κ2) is 6.96. The molecule has 0 saturated carbocycles. The van der Waals surface area contributed by atoms with Crippen molar-refractivity contribution in [2.24, 2.45) is 5.73 Å². The monoisotopic (exact) mass is 307 g/mol. The zero-order chi connectivity index (χ0) is 15.4. The summed E-state index contributed by atoms with van der Waals surface area (Å²) in [6, 6.07) is 5.99. The van der Waals surface area contributed by atoms with Gasteiger partial charge in [0.05, 0.1) is 16.4 Å². The highest BCUT2D eigenvalue weighted by atomic mass is 35.5. The molecular weight excluding hydrogens is 286 g/mol. The quantitative estimate of drug-likeness (QED) is 0.889. The molecule has 2 N–H and O–H groups in total. The minimum absolute atomic E-state index is 0.400. The summed E-state index contributed by atoms with van der Waals surface area (Å²) in [5.74, 6) is 0.845. The molecule has 4 nitrogen and oxygen atoms in total. The van der Waals surface area contributed by atoms with Gasteiger partial charge in [0.1, 0.15) is 12.4 Å². The van der Waals surface area contributed by atoms with Crippen molar-refractivity contribution in [3.05, 3.63) is 45.7 Å². The molecule has 0 fully saturated rings. The zero-order valence-corrected chi connectivity index (χ0v) is 13.6. The third kappa shape index (κ3) is 3.22. The van der Waals surface area contributed by atoms with E-state index in [1.807, 2.05) is 43.7 Å². The predicted molar refractivity (Wildman–Crippen MR) is 85.7 cm³/mol. The molecule has 0 aliphatic heterocycles. The number of ether oxygens (including phenoxy) is 1. The van der Waals surface area contributed by atoms with Crippen LogP contribution in [0.1, 0.15) is 36.4 Å². The Hall–Kier alpha value is -1.52. The Morgan fingerprint density at radius 1 is 1.33 bits per heavy atom. The molecule has 1 aromatic carbocycles. The van der Waals surface area contributed by atoms with Crippen molar-refractivity contribution >= 4 is 11.6 Å². The first-order chi connectivity index (χ1) is 10.1. The van der Waals surface area contributed by atoms with E-state index >= 15 is 0 Å². The Labute approximate surface area is 130 Å². The first-order valence-electron chi connectivity index (χ1n) is 7.27. The van der Waals surface area contributed by atoms with Crippen LogP contribution in [0.25, 0.3) is 0 Å². The number of para-hydroxylation sites is 1. The first-order valence-corrected chi connectivity index (χ1v) is 7.65. The topological polar surface area (TPSA) is 53.1 Å². The number of nitrogens with two attached hydrogens (primary N) is 1. The summed E-state index contributed by atoms with van der Waals surface area (Å²) in [5, 5.41) is 5.21. The predicted octanol–water partition coefficient (Wildman–Crippen LogP) is 3.46. The minimum atomic E-state index is 0.400. The number of halogens is 1. The first kappa shape index (κ1) is 15.9. The third-order valence-corrected chi connectivity index (χ3v) is 4.00. The van der Waals surface area contributed by atoms with Crippen LogP contribution in [0.4, 0.5) is 0 Å². The van der Waals surface area contributed by atoms with Gasteiger partial charge in [0.25, 0.3) is 0 Å². The summed E-state index contributed by atoms with van der Waals surface area (Å²) >= 11 is 6.40. The molecule has 0 spiro atoms. The number of hydrogen-bond acceptors (Lipinski definition) is 3. The van der Waals surface area contributed by atoms with Gasteiger partial charge in [-0.15, -0.1) is 0 Å². The van der Waals surface area contributed by atoms with Crippen LogP contribution in [-0.2, 0) is 26.1 Å². The Bertz CT molecular complexity index is 622. The van der Waals surface area contributed by atoms with Gasteiger partial charge in [-0.05, 0) is 25.8 Å². The zero-order valence-electron chi connectivity index (χ0n) is 12.8. The molecule has 0 aliphatic carbocycles. The highest BCUT2D eigenvalue weighted by molar-refractivity contribution is 6.31. The second-order valence-electron chi connectivity index (χ2n) is 4.93. The lowest BCUT2D eigenvalue weighted by Gasteiger charge is -2.14. The lowest BCUT2D eigenvalue weighted by atomic mass is 10.1. The van der Waals surface area contributed by atoms with Crippen LogP contribution in [0.2, 0.25) is 5.02 Å². The minimum Gasteiger partial charge on any atom is -0.487 e. The second-order valence-corrected chi connectivity index (χ2v) is 5.31. The van der Waals surface area contributed by atoms with Crippen LogP contribution in [0, 0.1) is 6.92 Å². The maximum Gasteiger partial charge on any atom is 0.131 e. The highest BCUT2D eigenvalue weighted by Gasteiger charge is 2.16. The molecule has 21 heavy (non-hydrogen) atoms. The summed E-state index contributed by atoms with van der Waals surface area (Å²) in [5.41, 5.74) is 9.69. The van der Waals surface area contributed by atoms with Crippen molar-refractivity contribution in [1.82, 2.24) is 9.78 Å². The number of rotatable bonds is 6. The third-order valence-electron chi connectivity index (χ3n) is 3.56. The van der Waals surface area contributed by atoms with E-state index in [4.69, 9.17) is 22.1 Å². The molecule has 2 aromatic rings. The van der Waals surface area contributed by atoms with Gasteiger partial charge in [-0.25, -0.2) is 0 Å². The maximum atomic E-state index is 6.40. The molecular formula is C16H22ClN3O. The van der Waals surface area contributed by atoms with Gasteiger partial charge >= 0.3 is 0 Å². The fourth-order valence-electron chi connectivity index (χ4n) is 2.38. The lowest BCUT2D eigenvalue weighted by molar-refractivity contribution is 0.287. The highest BCUT2D eigenvalue weighted by Crippen LogP contribution is 2.27. The van der Waals surface area contributed by atoms with Crippen molar-refractivity contribution in [3.63, 3.8) is 0 Å². The number of nitrogens with zero attached hydrogens (tertiary/aromatic N) is 2. The van der Waals surface area contributed by atoms with Crippen LogP contribution in [0.3, 0.4) is 0 Å². The van der Waals surface area contributed by atoms with Gasteiger partial charge in [-0.3, -0.25) is 4.68 Å². The molecule has 5 heteroatoms. The summed E-state index contributed by atoms with van der Waals surface area (Å²) < 4.78 is 7.91. The van der Waals surface area contributed by atoms with E-state index in [1.165, 1.54) is 0 Å². The van der Waals surface area contributed by atoms with Gasteiger partial charge in [-0.1, -0.05) is 36.7 Å². The average Bonchev–Trinajstić information content (AvgIpc) is 2.81. The van der Waals surface area contributed by atoms with Gasteiger partial charge in [0, 0.05) is 18.7 Å². The number of hydrogen-bond donors (Lipinski definition) is 1. The van der Waals surface area contributed by atoms with Crippen LogP contribution in [-0.4, -0.2) is 9.78 Å². The summed E-state index contributed by atoms with van der Waals surface area (Å²) in [6.07, 6.45) is 0.817. The average molecular weight is 308 g/mol. The molecule has 0 bridgehead atoms. The van der Waals surface area contributed by atoms with E-state index in [9.17, 15) is 0 Å². The Morgan fingerprint density at radius 2 is 2.10 bits per heavy atom. The normalized spacial score (nSPS) is 10.9. The van der Waals surface area contributed by atoms with E-state index in [0.717, 1.165) is 41.2 Å². The molecule has 0 unspecified atom stereocenters. The van der Waals surface area contributed by atoms with Gasteiger partial charge in [-0.2, -0.15) is 5.10 Å². The van der Waals surface area contributed by atoms with Crippen molar-refractivity contribution in [3.8, 4) is 5.75 Å². The molecule has 0 radical (unpaired) electrons. The van der Waals surface area contributed by atoms with Crippen LogP contribution < -0.4 is 10.5 Å². The number of benzene rings is 1. The van der Waals surface area contributed by atoms with E-state index in [2.05, 4.69) is 5.10 Å². The smallest absolute Gasteiger partial charge is 0.131 e. The molecule has 0 amide bonds. The van der Waals surface area contributed by atoms with Gasteiger partial charge in [0.2, 0.25) is 0 Å². The standard InChI is InChI=1S/C16H22ClN3O/c1-4-13-15(17)14(20(5-2)19-13)10-21-16-11(3)7-6-8-12(16)9-18/h6-8H,4-5,9-10,18H2,1-3H3. The van der Waals surface area contributed by atoms with Crippen LogP contribution >= 0.6 is 11.6 Å². The summed E-state index contributed by atoms with van der Waals surface area (Å²) in [6.45, 7) is 7.74. The van der Waals surface area contributed by atoms with Crippen molar-refractivity contribution in [2.75, 3.05) is 0 Å². The van der Waals surface area contributed by atoms with Gasteiger partial charge < -0.3 is 10.5 Å². The van der Waals surface area contributed by atoms with Gasteiger partial charge in [0.15, 0.2) is 0 Å². The number of aromatic nitrogens is 2. The molecule has 2 rings (SSSR count). The van der Waals surface area contributed by atoms with Crippen molar-refractivity contribution in [2.45, 2.75) is 46.9 Å². The summed E-state index contributed by atoms with van der Waals surface area (Å²) in [7, 11) is 0. The Kier molecular flexibility index (Phi) is 5.26. The van der Waals surface area contributed by atoms with Crippen LogP contribution in [0.5, 0.6) is 5.75 Å². The summed E-state index contributed by atoms with van der Waals surface area (Å²) in [4.78, 5) is 0. The van der Waals surface area contributed by atoms with E-state index in [1.54, 1.807) is 0 Å². The van der Waals surface area contributed by atoms with E-state index < -0.39 is 0 Å². The SMILES string of the molecule is CCc1nn(CC)c(COc2c(C)cccc2CN)c1Cl. The maximum absolute atomic E-state index is 6.40. The molecule has 0 saturated heterocycles. The van der Waals surface area contributed by atoms with E-state index in [0.29, 0.717) is 18.2 Å². The molecule has 1 aromatic heterocycles. The molecule has 114 valence electrons. The van der Waals surface area contributed by atoms with E-state index in [-0.39, 0.29) is 0 Å².